The molecule has 0 amide bonds. The van der Waals surface area contributed by atoms with Crippen LogP contribution in [0.25, 0.3) is 0 Å². The van der Waals surface area contributed by atoms with Gasteiger partial charge in [-0.25, -0.2) is 0 Å². The predicted molar refractivity (Wildman–Crippen MR) is 67.4 cm³/mol. The maximum Gasteiger partial charge on any atom is 0.0580 e. The van der Waals surface area contributed by atoms with Crippen LogP contribution in [0.15, 0.2) is 0 Å². The standard InChI is InChI=1S/C14H27NO/c1-11(2)9-15(13-7-8-13)10-12-5-3-4-6-14(12)16/h11-14,16H,3-10H2,1-2H3. The first-order valence-corrected chi connectivity index (χ1v) is 7.09. The van der Waals surface area contributed by atoms with E-state index in [9.17, 15) is 5.11 Å². The first kappa shape index (κ1) is 12.4. The van der Waals surface area contributed by atoms with Crippen LogP contribution in [-0.2, 0) is 0 Å². The molecule has 2 fully saturated rings. The van der Waals surface area contributed by atoms with E-state index in [1.165, 1.54) is 38.6 Å². The second-order valence-electron chi connectivity index (χ2n) is 6.19. The number of aliphatic hydroxyl groups is 1. The molecule has 2 aliphatic rings. The molecule has 2 unspecified atom stereocenters. The van der Waals surface area contributed by atoms with Gasteiger partial charge < -0.3 is 5.11 Å². The summed E-state index contributed by atoms with van der Waals surface area (Å²) in [5, 5.41) is 10.0. The van der Waals surface area contributed by atoms with Gasteiger partial charge in [0, 0.05) is 19.1 Å². The van der Waals surface area contributed by atoms with Crippen molar-refractivity contribution in [1.29, 1.82) is 0 Å². The van der Waals surface area contributed by atoms with Gasteiger partial charge in [0.1, 0.15) is 0 Å². The van der Waals surface area contributed by atoms with Crippen molar-refractivity contribution in [3.8, 4) is 0 Å². The molecule has 0 heterocycles. The maximum absolute atomic E-state index is 10.0. The molecule has 2 heteroatoms. The fourth-order valence-corrected chi connectivity index (χ4v) is 2.98. The average molecular weight is 225 g/mol. The first-order chi connectivity index (χ1) is 7.66. The second-order valence-corrected chi connectivity index (χ2v) is 6.19. The van der Waals surface area contributed by atoms with Crippen molar-refractivity contribution in [2.24, 2.45) is 11.8 Å². The molecule has 2 saturated carbocycles. The summed E-state index contributed by atoms with van der Waals surface area (Å²) in [5.41, 5.74) is 0. The van der Waals surface area contributed by atoms with Gasteiger partial charge in [-0.15, -0.1) is 0 Å². The zero-order valence-electron chi connectivity index (χ0n) is 10.9. The fourth-order valence-electron chi connectivity index (χ4n) is 2.98. The topological polar surface area (TPSA) is 23.5 Å². The van der Waals surface area contributed by atoms with E-state index in [0.29, 0.717) is 5.92 Å². The van der Waals surface area contributed by atoms with Crippen LogP contribution in [0.3, 0.4) is 0 Å². The molecular weight excluding hydrogens is 198 g/mol. The predicted octanol–water partition coefficient (Wildman–Crippen LogP) is 2.66. The Hall–Kier alpha value is -0.0800. The Morgan fingerprint density at radius 1 is 1.12 bits per heavy atom. The number of rotatable bonds is 5. The largest absolute Gasteiger partial charge is 0.393 e. The van der Waals surface area contributed by atoms with Gasteiger partial charge in [0.2, 0.25) is 0 Å². The molecule has 0 radical (unpaired) electrons. The summed E-state index contributed by atoms with van der Waals surface area (Å²) in [6, 6.07) is 0.844. The summed E-state index contributed by atoms with van der Waals surface area (Å²) >= 11 is 0. The monoisotopic (exact) mass is 225 g/mol. The maximum atomic E-state index is 10.0. The van der Waals surface area contributed by atoms with Gasteiger partial charge in [-0.2, -0.15) is 0 Å². The molecule has 0 aliphatic heterocycles. The van der Waals surface area contributed by atoms with Gasteiger partial charge in [0.05, 0.1) is 6.10 Å². The van der Waals surface area contributed by atoms with Gasteiger partial charge in [0.15, 0.2) is 0 Å². The molecule has 94 valence electrons. The van der Waals surface area contributed by atoms with Crippen LogP contribution in [0, 0.1) is 11.8 Å². The van der Waals surface area contributed by atoms with Gasteiger partial charge >= 0.3 is 0 Å². The summed E-state index contributed by atoms with van der Waals surface area (Å²) in [4.78, 5) is 2.64. The van der Waals surface area contributed by atoms with Gasteiger partial charge in [0.25, 0.3) is 0 Å². The average Bonchev–Trinajstić information content (AvgIpc) is 3.03. The highest BCUT2D eigenvalue weighted by molar-refractivity contribution is 4.88. The van der Waals surface area contributed by atoms with Crippen LogP contribution in [0.1, 0.15) is 52.4 Å². The van der Waals surface area contributed by atoms with E-state index in [4.69, 9.17) is 0 Å². The lowest BCUT2D eigenvalue weighted by Gasteiger charge is -2.34. The molecule has 0 spiro atoms. The zero-order chi connectivity index (χ0) is 11.5. The van der Waals surface area contributed by atoms with Crippen LogP contribution < -0.4 is 0 Å². The highest BCUT2D eigenvalue weighted by Gasteiger charge is 2.33. The molecule has 0 aromatic carbocycles. The van der Waals surface area contributed by atoms with Gasteiger partial charge in [-0.1, -0.05) is 26.7 Å². The second kappa shape index (κ2) is 5.50. The van der Waals surface area contributed by atoms with Crippen molar-refractivity contribution in [1.82, 2.24) is 4.90 Å². The van der Waals surface area contributed by atoms with Crippen LogP contribution in [0.4, 0.5) is 0 Å². The third-order valence-corrected chi connectivity index (χ3v) is 4.00. The number of hydrogen-bond donors (Lipinski definition) is 1. The van der Waals surface area contributed by atoms with Crippen LogP contribution in [-0.4, -0.2) is 35.2 Å². The number of nitrogens with zero attached hydrogens (tertiary/aromatic N) is 1. The van der Waals surface area contributed by atoms with Crippen molar-refractivity contribution < 1.29 is 5.11 Å². The van der Waals surface area contributed by atoms with E-state index in [1.54, 1.807) is 0 Å². The molecule has 16 heavy (non-hydrogen) atoms. The van der Waals surface area contributed by atoms with E-state index in [-0.39, 0.29) is 6.10 Å². The Labute approximate surface area is 100 Å². The fraction of sp³-hybridized carbons (Fsp3) is 1.00. The Kier molecular flexibility index (Phi) is 4.26. The van der Waals surface area contributed by atoms with Gasteiger partial charge in [-0.05, 0) is 37.5 Å². The normalized spacial score (nSPS) is 31.3. The Morgan fingerprint density at radius 2 is 1.81 bits per heavy atom. The van der Waals surface area contributed by atoms with Crippen molar-refractivity contribution in [3.63, 3.8) is 0 Å². The molecule has 1 N–H and O–H groups in total. The highest BCUT2D eigenvalue weighted by atomic mass is 16.3. The minimum Gasteiger partial charge on any atom is -0.393 e. The van der Waals surface area contributed by atoms with E-state index in [2.05, 4.69) is 18.7 Å². The minimum absolute atomic E-state index is 0.0258. The molecule has 0 aromatic heterocycles. The first-order valence-electron chi connectivity index (χ1n) is 7.09. The number of aliphatic hydroxyl groups excluding tert-OH is 1. The quantitative estimate of drug-likeness (QED) is 0.777. The lowest BCUT2D eigenvalue weighted by molar-refractivity contribution is 0.0420. The van der Waals surface area contributed by atoms with Crippen molar-refractivity contribution in [3.05, 3.63) is 0 Å². The van der Waals surface area contributed by atoms with Crippen LogP contribution in [0.2, 0.25) is 0 Å². The Bertz CT molecular complexity index is 213. The highest BCUT2D eigenvalue weighted by Crippen LogP contribution is 2.31. The van der Waals surface area contributed by atoms with Crippen LogP contribution >= 0.6 is 0 Å². The molecule has 2 nitrogen and oxygen atoms in total. The van der Waals surface area contributed by atoms with E-state index < -0.39 is 0 Å². The SMILES string of the molecule is CC(C)CN(CC1CCCCC1O)C1CC1. The molecule has 2 aliphatic carbocycles. The smallest absolute Gasteiger partial charge is 0.0580 e. The molecule has 2 atom stereocenters. The minimum atomic E-state index is -0.0258. The lowest BCUT2D eigenvalue weighted by atomic mass is 9.86. The Morgan fingerprint density at radius 3 is 2.38 bits per heavy atom. The van der Waals surface area contributed by atoms with E-state index in [0.717, 1.165) is 24.9 Å². The molecular formula is C14H27NO. The molecule has 0 bridgehead atoms. The van der Waals surface area contributed by atoms with Crippen molar-refractivity contribution in [2.75, 3.05) is 13.1 Å². The van der Waals surface area contributed by atoms with Crippen LogP contribution in [0.5, 0.6) is 0 Å². The zero-order valence-corrected chi connectivity index (χ0v) is 10.9. The van der Waals surface area contributed by atoms with Crippen molar-refractivity contribution >= 4 is 0 Å². The van der Waals surface area contributed by atoms with Gasteiger partial charge in [-0.3, -0.25) is 4.90 Å². The summed E-state index contributed by atoms with van der Waals surface area (Å²) in [7, 11) is 0. The van der Waals surface area contributed by atoms with E-state index in [1.807, 2.05) is 0 Å². The van der Waals surface area contributed by atoms with E-state index >= 15 is 0 Å². The summed E-state index contributed by atoms with van der Waals surface area (Å²) in [5.74, 6) is 1.30. The summed E-state index contributed by atoms with van der Waals surface area (Å²) < 4.78 is 0. The Balaban J connectivity index is 1.83. The van der Waals surface area contributed by atoms with Crippen molar-refractivity contribution in [2.45, 2.75) is 64.5 Å². The molecule has 2 rings (SSSR count). The lowest BCUT2D eigenvalue weighted by Crippen LogP contribution is -2.39. The third-order valence-electron chi connectivity index (χ3n) is 4.00. The number of hydrogen-bond acceptors (Lipinski definition) is 2. The third kappa shape index (κ3) is 3.46. The summed E-state index contributed by atoms with van der Waals surface area (Å²) in [6.45, 7) is 6.96. The summed E-state index contributed by atoms with van der Waals surface area (Å²) in [6.07, 6.45) is 7.56. The molecule has 0 saturated heterocycles. The molecule has 0 aromatic rings.